The highest BCUT2D eigenvalue weighted by atomic mass is 35.5. The van der Waals surface area contributed by atoms with Crippen LogP contribution < -0.4 is 10.6 Å². The molecule has 1 aliphatic rings. The van der Waals surface area contributed by atoms with E-state index in [1.807, 2.05) is 25.1 Å². The molecule has 1 aromatic carbocycles. The van der Waals surface area contributed by atoms with Crippen molar-refractivity contribution >= 4 is 29.1 Å². The summed E-state index contributed by atoms with van der Waals surface area (Å²) in [5, 5.41) is 5.88. The number of amides is 2. The van der Waals surface area contributed by atoms with E-state index in [0.717, 1.165) is 16.8 Å². The maximum atomic E-state index is 12.1. The minimum atomic E-state index is -0.314. The van der Waals surface area contributed by atoms with Crippen molar-refractivity contribution in [1.82, 2.24) is 5.32 Å². The van der Waals surface area contributed by atoms with Gasteiger partial charge in [-0.05, 0) is 54.3 Å². The number of hydrogen-bond acceptors (Lipinski definition) is 3. The first kappa shape index (κ1) is 14.7. The summed E-state index contributed by atoms with van der Waals surface area (Å²) in [6.07, 6.45) is 1.20. The molecular weight excluding hydrogens is 304 g/mol. The van der Waals surface area contributed by atoms with Crippen molar-refractivity contribution < 1.29 is 14.0 Å². The van der Waals surface area contributed by atoms with Crippen molar-refractivity contribution in [2.24, 2.45) is 0 Å². The SMILES string of the molecule is C[C@@H](NC(=O)c1ccc(Cl)o1)c1ccc2c(c1)CCC(=O)N2. The summed E-state index contributed by atoms with van der Waals surface area (Å²) >= 11 is 5.67. The first-order valence-corrected chi connectivity index (χ1v) is 7.39. The molecule has 6 heteroatoms. The molecule has 2 aromatic rings. The van der Waals surface area contributed by atoms with Gasteiger partial charge in [-0.1, -0.05) is 12.1 Å². The van der Waals surface area contributed by atoms with E-state index in [1.54, 1.807) is 0 Å². The summed E-state index contributed by atoms with van der Waals surface area (Å²) in [5.41, 5.74) is 2.90. The molecule has 0 saturated carbocycles. The number of carbonyl (C=O) groups is 2. The van der Waals surface area contributed by atoms with Crippen LogP contribution in [-0.4, -0.2) is 11.8 Å². The molecule has 0 radical (unpaired) electrons. The van der Waals surface area contributed by atoms with Gasteiger partial charge in [-0.3, -0.25) is 9.59 Å². The highest BCUT2D eigenvalue weighted by Gasteiger charge is 2.18. The lowest BCUT2D eigenvalue weighted by Crippen LogP contribution is -2.26. The highest BCUT2D eigenvalue weighted by Crippen LogP contribution is 2.26. The highest BCUT2D eigenvalue weighted by molar-refractivity contribution is 6.29. The van der Waals surface area contributed by atoms with Crippen LogP contribution in [0.1, 0.15) is 41.1 Å². The van der Waals surface area contributed by atoms with Gasteiger partial charge in [-0.15, -0.1) is 0 Å². The van der Waals surface area contributed by atoms with Crippen molar-refractivity contribution in [3.05, 3.63) is 52.4 Å². The molecule has 114 valence electrons. The Hall–Kier alpha value is -2.27. The second-order valence-corrected chi connectivity index (χ2v) is 5.64. The lowest BCUT2D eigenvalue weighted by atomic mass is 9.98. The summed E-state index contributed by atoms with van der Waals surface area (Å²) in [7, 11) is 0. The number of anilines is 1. The molecular formula is C16H15ClN2O3. The van der Waals surface area contributed by atoms with Gasteiger partial charge in [0.25, 0.3) is 5.91 Å². The van der Waals surface area contributed by atoms with Crippen LogP contribution in [0.4, 0.5) is 5.69 Å². The molecule has 0 aliphatic carbocycles. The summed E-state index contributed by atoms with van der Waals surface area (Å²) in [5.74, 6) is -0.0937. The Labute approximate surface area is 132 Å². The van der Waals surface area contributed by atoms with Gasteiger partial charge in [-0.25, -0.2) is 0 Å². The van der Waals surface area contributed by atoms with Gasteiger partial charge in [-0.2, -0.15) is 0 Å². The van der Waals surface area contributed by atoms with Gasteiger partial charge in [0.15, 0.2) is 11.0 Å². The molecule has 0 spiro atoms. The van der Waals surface area contributed by atoms with Gasteiger partial charge in [0.2, 0.25) is 5.91 Å². The number of hydrogen-bond donors (Lipinski definition) is 2. The fraction of sp³-hybridized carbons (Fsp3) is 0.250. The zero-order valence-electron chi connectivity index (χ0n) is 12.0. The van der Waals surface area contributed by atoms with E-state index in [1.165, 1.54) is 12.1 Å². The summed E-state index contributed by atoms with van der Waals surface area (Å²) in [6, 6.07) is 8.66. The summed E-state index contributed by atoms with van der Waals surface area (Å²) in [6.45, 7) is 1.89. The predicted molar refractivity (Wildman–Crippen MR) is 83.0 cm³/mol. The van der Waals surface area contributed by atoms with Gasteiger partial charge in [0, 0.05) is 12.1 Å². The smallest absolute Gasteiger partial charge is 0.287 e. The second-order valence-electron chi connectivity index (χ2n) is 5.26. The monoisotopic (exact) mass is 318 g/mol. The van der Waals surface area contributed by atoms with Crippen molar-refractivity contribution in [2.75, 3.05) is 5.32 Å². The van der Waals surface area contributed by atoms with E-state index in [-0.39, 0.29) is 28.8 Å². The first-order valence-electron chi connectivity index (χ1n) is 7.02. The van der Waals surface area contributed by atoms with E-state index in [0.29, 0.717) is 12.8 Å². The third-order valence-electron chi connectivity index (χ3n) is 3.67. The van der Waals surface area contributed by atoms with Crippen molar-refractivity contribution in [3.63, 3.8) is 0 Å². The van der Waals surface area contributed by atoms with Crippen molar-refractivity contribution in [3.8, 4) is 0 Å². The molecule has 0 fully saturated rings. The van der Waals surface area contributed by atoms with E-state index in [4.69, 9.17) is 16.0 Å². The number of furan rings is 1. The number of benzene rings is 1. The van der Waals surface area contributed by atoms with Crippen LogP contribution in [-0.2, 0) is 11.2 Å². The molecule has 1 atom stereocenters. The molecule has 2 amide bonds. The molecule has 2 heterocycles. The third kappa shape index (κ3) is 2.99. The van der Waals surface area contributed by atoms with Crippen LogP contribution in [0.3, 0.4) is 0 Å². The van der Waals surface area contributed by atoms with E-state index in [9.17, 15) is 9.59 Å². The zero-order valence-corrected chi connectivity index (χ0v) is 12.7. The molecule has 5 nitrogen and oxygen atoms in total. The maximum absolute atomic E-state index is 12.1. The van der Waals surface area contributed by atoms with Gasteiger partial charge in [0.05, 0.1) is 6.04 Å². The Bertz CT molecular complexity index is 739. The van der Waals surface area contributed by atoms with Crippen LogP contribution >= 0.6 is 11.6 Å². The van der Waals surface area contributed by atoms with Crippen molar-refractivity contribution in [1.29, 1.82) is 0 Å². The fourth-order valence-corrected chi connectivity index (χ4v) is 2.61. The second kappa shape index (κ2) is 5.85. The Balaban J connectivity index is 1.74. The number of carbonyl (C=O) groups excluding carboxylic acids is 2. The van der Waals surface area contributed by atoms with E-state index in [2.05, 4.69) is 10.6 Å². The zero-order chi connectivity index (χ0) is 15.7. The number of fused-ring (bicyclic) bond motifs is 1. The normalized spacial score (nSPS) is 14.9. The molecule has 1 aliphatic heterocycles. The van der Waals surface area contributed by atoms with Crippen molar-refractivity contribution in [2.45, 2.75) is 25.8 Å². The Morgan fingerprint density at radius 2 is 2.14 bits per heavy atom. The summed E-state index contributed by atoms with van der Waals surface area (Å²) in [4.78, 5) is 23.4. The standard InChI is InChI=1S/C16H15ClN2O3/c1-9(18-16(21)13-5-6-14(17)22-13)10-2-4-12-11(8-10)3-7-15(20)19-12/h2,4-6,8-9H,3,7H2,1H3,(H,18,21)(H,19,20)/t9-/m1/s1. The summed E-state index contributed by atoms with van der Waals surface area (Å²) < 4.78 is 5.09. The topological polar surface area (TPSA) is 71.3 Å². The maximum Gasteiger partial charge on any atom is 0.287 e. The average Bonchev–Trinajstić information content (AvgIpc) is 2.93. The average molecular weight is 319 g/mol. The van der Waals surface area contributed by atoms with Crippen LogP contribution in [0.25, 0.3) is 0 Å². The molecule has 2 N–H and O–H groups in total. The minimum absolute atomic E-state index is 0.0382. The van der Waals surface area contributed by atoms with Gasteiger partial charge >= 0.3 is 0 Å². The lowest BCUT2D eigenvalue weighted by molar-refractivity contribution is -0.116. The minimum Gasteiger partial charge on any atom is -0.440 e. The van der Waals surface area contributed by atoms with Gasteiger partial charge in [0.1, 0.15) is 0 Å². The molecule has 0 bridgehead atoms. The van der Waals surface area contributed by atoms with E-state index < -0.39 is 0 Å². The largest absolute Gasteiger partial charge is 0.440 e. The predicted octanol–water partition coefficient (Wildman–Crippen LogP) is 3.31. The number of rotatable bonds is 3. The van der Waals surface area contributed by atoms with E-state index >= 15 is 0 Å². The number of halogens is 1. The van der Waals surface area contributed by atoms with Crippen LogP contribution in [0.5, 0.6) is 0 Å². The first-order chi connectivity index (χ1) is 10.5. The molecule has 1 aromatic heterocycles. The molecule has 0 saturated heterocycles. The lowest BCUT2D eigenvalue weighted by Gasteiger charge is -2.20. The molecule has 3 rings (SSSR count). The number of nitrogens with one attached hydrogen (secondary N) is 2. The Kier molecular flexibility index (Phi) is 3.90. The quantitative estimate of drug-likeness (QED) is 0.912. The van der Waals surface area contributed by atoms with Gasteiger partial charge < -0.3 is 15.1 Å². The Morgan fingerprint density at radius 1 is 1.32 bits per heavy atom. The number of aryl methyl sites for hydroxylation is 1. The fourth-order valence-electron chi connectivity index (χ4n) is 2.46. The molecule has 22 heavy (non-hydrogen) atoms. The van der Waals surface area contributed by atoms with Crippen LogP contribution in [0.2, 0.25) is 5.22 Å². The Morgan fingerprint density at radius 3 is 2.86 bits per heavy atom. The van der Waals surface area contributed by atoms with Crippen LogP contribution in [0, 0.1) is 0 Å². The molecule has 0 unspecified atom stereocenters. The van der Waals surface area contributed by atoms with Crippen LogP contribution in [0.15, 0.2) is 34.7 Å². The third-order valence-corrected chi connectivity index (χ3v) is 3.87.